The fourth-order valence-corrected chi connectivity index (χ4v) is 2.33. The minimum absolute atomic E-state index is 0.0212. The first-order chi connectivity index (χ1) is 13.0. The number of anilines is 1. The van der Waals surface area contributed by atoms with Gasteiger partial charge in [0.05, 0.1) is 0 Å². The normalized spacial score (nSPS) is 10.7. The van der Waals surface area contributed by atoms with E-state index in [1.165, 1.54) is 0 Å². The average molecular weight is 362 g/mol. The lowest BCUT2D eigenvalue weighted by molar-refractivity contribution is -0.118. The van der Waals surface area contributed by atoms with Gasteiger partial charge < -0.3 is 10.1 Å². The molecule has 0 spiro atoms. The Morgan fingerprint density at radius 3 is 2.52 bits per heavy atom. The Labute approximate surface area is 158 Å². The molecule has 2 aromatic heterocycles. The zero-order valence-corrected chi connectivity index (χ0v) is 15.6. The lowest BCUT2D eigenvalue weighted by Crippen LogP contribution is -2.17. The Morgan fingerprint density at radius 2 is 1.89 bits per heavy atom. The van der Waals surface area contributed by atoms with E-state index in [0.29, 0.717) is 23.1 Å². The fraction of sp³-hybridized carbons (Fsp3) is 0.238. The molecule has 3 aromatic rings. The first-order valence-electron chi connectivity index (χ1n) is 8.93. The molecule has 0 aliphatic rings. The number of nitrogens with zero attached hydrogens (tertiary/aromatic N) is 3. The largest absolute Gasteiger partial charge is 0.439 e. The SMILES string of the molecule is CCc1cc(Oc2ccc(NC(=O)C(C)C)cc2)nc(-c2ccccn2)n1. The molecule has 0 radical (unpaired) electrons. The van der Waals surface area contributed by atoms with Crippen LogP contribution < -0.4 is 10.1 Å². The van der Waals surface area contributed by atoms with Crippen LogP contribution >= 0.6 is 0 Å². The molecule has 6 nitrogen and oxygen atoms in total. The molecule has 3 rings (SSSR count). The lowest BCUT2D eigenvalue weighted by Gasteiger charge is -2.10. The van der Waals surface area contributed by atoms with Gasteiger partial charge in [-0.05, 0) is 42.8 Å². The van der Waals surface area contributed by atoms with Crippen LogP contribution in [0.2, 0.25) is 0 Å². The maximum atomic E-state index is 11.8. The predicted octanol–water partition coefficient (Wildman–Crippen LogP) is 4.49. The van der Waals surface area contributed by atoms with Gasteiger partial charge in [-0.15, -0.1) is 0 Å². The minimum atomic E-state index is -0.0700. The lowest BCUT2D eigenvalue weighted by atomic mass is 10.2. The van der Waals surface area contributed by atoms with Gasteiger partial charge in [0.2, 0.25) is 11.8 Å². The maximum absolute atomic E-state index is 11.8. The molecule has 1 amide bonds. The number of aromatic nitrogens is 3. The van der Waals surface area contributed by atoms with Crippen molar-refractivity contribution in [3.05, 3.63) is 60.4 Å². The number of rotatable bonds is 6. The molecule has 1 N–H and O–H groups in total. The number of hydrogen-bond donors (Lipinski definition) is 1. The van der Waals surface area contributed by atoms with Gasteiger partial charge in [0.25, 0.3) is 0 Å². The number of nitrogens with one attached hydrogen (secondary N) is 1. The second-order valence-corrected chi connectivity index (χ2v) is 6.36. The first-order valence-corrected chi connectivity index (χ1v) is 8.93. The third-order valence-corrected chi connectivity index (χ3v) is 3.88. The molecule has 0 bridgehead atoms. The summed E-state index contributed by atoms with van der Waals surface area (Å²) in [6, 6.07) is 14.6. The van der Waals surface area contributed by atoms with Crippen molar-refractivity contribution in [3.63, 3.8) is 0 Å². The van der Waals surface area contributed by atoms with Gasteiger partial charge in [0.15, 0.2) is 5.82 Å². The summed E-state index contributed by atoms with van der Waals surface area (Å²) in [5.74, 6) is 1.53. The van der Waals surface area contributed by atoms with Crippen LogP contribution in [0.4, 0.5) is 5.69 Å². The van der Waals surface area contributed by atoms with Gasteiger partial charge in [-0.2, -0.15) is 4.98 Å². The van der Waals surface area contributed by atoms with Crippen molar-refractivity contribution >= 4 is 11.6 Å². The van der Waals surface area contributed by atoms with Crippen molar-refractivity contribution in [1.82, 2.24) is 15.0 Å². The summed E-state index contributed by atoms with van der Waals surface area (Å²) in [5.41, 5.74) is 2.30. The van der Waals surface area contributed by atoms with E-state index in [1.807, 2.05) is 45.0 Å². The Balaban J connectivity index is 1.80. The average Bonchev–Trinajstić information content (AvgIpc) is 2.69. The van der Waals surface area contributed by atoms with Crippen molar-refractivity contribution in [1.29, 1.82) is 0 Å². The standard InChI is InChI=1S/C21H22N4O2/c1-4-15-13-19(25-20(23-15)18-7-5-6-12-22-18)27-17-10-8-16(9-11-17)24-21(26)14(2)3/h5-14H,4H2,1-3H3,(H,24,26). The van der Waals surface area contributed by atoms with Crippen molar-refractivity contribution in [3.8, 4) is 23.1 Å². The first kappa shape index (κ1) is 18.5. The van der Waals surface area contributed by atoms with Crippen LogP contribution in [0.25, 0.3) is 11.5 Å². The number of benzene rings is 1. The van der Waals surface area contributed by atoms with Gasteiger partial charge in [-0.25, -0.2) is 4.98 Å². The molecular weight excluding hydrogens is 340 g/mol. The van der Waals surface area contributed by atoms with Crippen molar-refractivity contribution in [2.75, 3.05) is 5.32 Å². The van der Waals surface area contributed by atoms with E-state index in [1.54, 1.807) is 30.5 Å². The molecule has 0 aliphatic heterocycles. The molecule has 0 saturated carbocycles. The Hall–Kier alpha value is -3.28. The zero-order valence-electron chi connectivity index (χ0n) is 15.6. The van der Waals surface area contributed by atoms with Gasteiger partial charge >= 0.3 is 0 Å². The number of pyridine rings is 1. The second-order valence-electron chi connectivity index (χ2n) is 6.36. The molecule has 0 unspecified atom stereocenters. The van der Waals surface area contributed by atoms with Crippen molar-refractivity contribution < 1.29 is 9.53 Å². The molecular formula is C21H22N4O2. The number of amides is 1. The van der Waals surface area contributed by atoms with Crippen LogP contribution in [0.3, 0.4) is 0 Å². The fourth-order valence-electron chi connectivity index (χ4n) is 2.33. The highest BCUT2D eigenvalue weighted by Gasteiger charge is 2.10. The van der Waals surface area contributed by atoms with Gasteiger partial charge in [0.1, 0.15) is 11.4 Å². The molecule has 0 atom stereocenters. The molecule has 1 aromatic carbocycles. The molecule has 0 aliphatic carbocycles. The van der Waals surface area contributed by atoms with E-state index in [4.69, 9.17) is 4.74 Å². The maximum Gasteiger partial charge on any atom is 0.226 e. The highest BCUT2D eigenvalue weighted by atomic mass is 16.5. The summed E-state index contributed by atoms with van der Waals surface area (Å²) in [7, 11) is 0. The van der Waals surface area contributed by atoms with Gasteiger partial charge in [-0.3, -0.25) is 9.78 Å². The van der Waals surface area contributed by atoms with Gasteiger partial charge in [-0.1, -0.05) is 26.8 Å². The monoisotopic (exact) mass is 362 g/mol. The highest BCUT2D eigenvalue weighted by molar-refractivity contribution is 5.92. The van der Waals surface area contributed by atoms with Gasteiger partial charge in [0, 0.05) is 29.6 Å². The third kappa shape index (κ3) is 4.88. The molecule has 6 heteroatoms. The summed E-state index contributed by atoms with van der Waals surface area (Å²) in [5, 5.41) is 2.85. The zero-order chi connectivity index (χ0) is 19.2. The minimum Gasteiger partial charge on any atom is -0.439 e. The number of carbonyl (C=O) groups excluding carboxylic acids is 1. The molecule has 138 valence electrons. The summed E-state index contributed by atoms with van der Waals surface area (Å²) in [6.45, 7) is 5.74. The topological polar surface area (TPSA) is 77.0 Å². The van der Waals surface area contributed by atoms with Crippen LogP contribution in [0.15, 0.2) is 54.7 Å². The van der Waals surface area contributed by atoms with E-state index in [0.717, 1.165) is 17.8 Å². The van der Waals surface area contributed by atoms with E-state index < -0.39 is 0 Å². The van der Waals surface area contributed by atoms with E-state index in [-0.39, 0.29) is 11.8 Å². The van der Waals surface area contributed by atoms with Crippen LogP contribution in [0.5, 0.6) is 11.6 Å². The summed E-state index contributed by atoms with van der Waals surface area (Å²) in [6.07, 6.45) is 2.47. The van der Waals surface area contributed by atoms with Crippen molar-refractivity contribution in [2.24, 2.45) is 5.92 Å². The van der Waals surface area contributed by atoms with Crippen LogP contribution in [0.1, 0.15) is 26.5 Å². The van der Waals surface area contributed by atoms with Crippen LogP contribution in [-0.2, 0) is 11.2 Å². The van der Waals surface area contributed by atoms with E-state index in [9.17, 15) is 4.79 Å². The van der Waals surface area contributed by atoms with Crippen molar-refractivity contribution in [2.45, 2.75) is 27.2 Å². The molecule has 0 fully saturated rings. The molecule has 2 heterocycles. The predicted molar refractivity (Wildman–Crippen MR) is 105 cm³/mol. The van der Waals surface area contributed by atoms with E-state index in [2.05, 4.69) is 20.3 Å². The number of ether oxygens (including phenoxy) is 1. The Morgan fingerprint density at radius 1 is 1.11 bits per heavy atom. The molecule has 0 saturated heterocycles. The molecule has 27 heavy (non-hydrogen) atoms. The van der Waals surface area contributed by atoms with E-state index >= 15 is 0 Å². The Bertz CT molecular complexity index is 909. The number of hydrogen-bond acceptors (Lipinski definition) is 5. The number of aryl methyl sites for hydroxylation is 1. The quantitative estimate of drug-likeness (QED) is 0.699. The third-order valence-electron chi connectivity index (χ3n) is 3.88. The van der Waals surface area contributed by atoms with Crippen LogP contribution in [0, 0.1) is 5.92 Å². The summed E-state index contributed by atoms with van der Waals surface area (Å²) >= 11 is 0. The highest BCUT2D eigenvalue weighted by Crippen LogP contribution is 2.24. The number of carbonyl (C=O) groups is 1. The Kier molecular flexibility index (Phi) is 5.76. The summed E-state index contributed by atoms with van der Waals surface area (Å²) in [4.78, 5) is 25.1. The smallest absolute Gasteiger partial charge is 0.226 e. The second kappa shape index (κ2) is 8.40. The van der Waals surface area contributed by atoms with Crippen LogP contribution in [-0.4, -0.2) is 20.9 Å². The summed E-state index contributed by atoms with van der Waals surface area (Å²) < 4.78 is 5.90.